The van der Waals surface area contributed by atoms with Gasteiger partial charge in [0.05, 0.1) is 4.88 Å². The molecule has 1 amide bonds. The van der Waals surface area contributed by atoms with Gasteiger partial charge in [-0.2, -0.15) is 11.3 Å². The maximum absolute atomic E-state index is 12.3. The number of carbonyl (C=O) groups is 1. The van der Waals surface area contributed by atoms with Crippen LogP contribution in [0.1, 0.15) is 16.6 Å². The van der Waals surface area contributed by atoms with Crippen molar-refractivity contribution < 1.29 is 14.8 Å². The SMILES string of the molecule is C=C/C(=C\C(=C/C)NC(=O)c1ccc(-c2ccsc2)s1)B(O)O. The van der Waals surface area contributed by atoms with Gasteiger partial charge in [-0.3, -0.25) is 4.79 Å². The summed E-state index contributed by atoms with van der Waals surface area (Å²) in [5.41, 5.74) is 1.79. The van der Waals surface area contributed by atoms with Gasteiger partial charge in [0.15, 0.2) is 0 Å². The number of thiophene rings is 2. The van der Waals surface area contributed by atoms with Crippen molar-refractivity contribution in [1.29, 1.82) is 0 Å². The monoisotopic (exact) mass is 345 g/mol. The van der Waals surface area contributed by atoms with E-state index in [1.807, 2.05) is 22.9 Å². The van der Waals surface area contributed by atoms with Gasteiger partial charge < -0.3 is 15.4 Å². The van der Waals surface area contributed by atoms with Crippen LogP contribution >= 0.6 is 22.7 Å². The fourth-order valence-electron chi connectivity index (χ4n) is 1.82. The number of allylic oxidation sites excluding steroid dienone is 4. The Kier molecular flexibility index (Phi) is 6.12. The Labute approximate surface area is 143 Å². The molecular formula is C16H16BNO3S2. The van der Waals surface area contributed by atoms with E-state index in [1.165, 1.54) is 23.5 Å². The average Bonchev–Trinajstić information content (AvgIpc) is 3.21. The Morgan fingerprint density at radius 3 is 2.70 bits per heavy atom. The largest absolute Gasteiger partial charge is 0.488 e. The summed E-state index contributed by atoms with van der Waals surface area (Å²) in [5.74, 6) is -0.239. The highest BCUT2D eigenvalue weighted by Crippen LogP contribution is 2.29. The summed E-state index contributed by atoms with van der Waals surface area (Å²) >= 11 is 3.02. The lowest BCUT2D eigenvalue weighted by atomic mass is 9.79. The number of hydrogen-bond acceptors (Lipinski definition) is 5. The summed E-state index contributed by atoms with van der Waals surface area (Å²) in [5, 5.41) is 25.2. The van der Waals surface area contributed by atoms with Gasteiger partial charge in [0.2, 0.25) is 0 Å². The summed E-state index contributed by atoms with van der Waals surface area (Å²) in [6.07, 6.45) is 4.49. The number of amides is 1. The van der Waals surface area contributed by atoms with Gasteiger partial charge in [-0.1, -0.05) is 18.7 Å². The zero-order valence-corrected chi connectivity index (χ0v) is 14.2. The smallest absolute Gasteiger partial charge is 0.423 e. The van der Waals surface area contributed by atoms with Crippen LogP contribution in [0.5, 0.6) is 0 Å². The van der Waals surface area contributed by atoms with E-state index < -0.39 is 7.12 Å². The van der Waals surface area contributed by atoms with Crippen molar-refractivity contribution >= 4 is 35.7 Å². The molecule has 0 aliphatic rings. The van der Waals surface area contributed by atoms with Crippen molar-refractivity contribution in [2.75, 3.05) is 0 Å². The number of nitrogens with one attached hydrogen (secondary N) is 1. The van der Waals surface area contributed by atoms with Crippen LogP contribution in [0.3, 0.4) is 0 Å². The zero-order valence-electron chi connectivity index (χ0n) is 12.5. The second kappa shape index (κ2) is 8.08. The molecule has 0 unspecified atom stereocenters. The molecule has 2 aromatic heterocycles. The molecule has 7 heteroatoms. The molecule has 0 bridgehead atoms. The topological polar surface area (TPSA) is 69.6 Å². The minimum Gasteiger partial charge on any atom is -0.423 e. The third-order valence-electron chi connectivity index (χ3n) is 3.06. The molecule has 0 saturated carbocycles. The molecule has 4 nitrogen and oxygen atoms in total. The Morgan fingerprint density at radius 2 is 2.13 bits per heavy atom. The molecule has 0 fully saturated rings. The van der Waals surface area contributed by atoms with Crippen molar-refractivity contribution in [2.24, 2.45) is 0 Å². The van der Waals surface area contributed by atoms with E-state index in [1.54, 1.807) is 30.4 Å². The molecule has 3 N–H and O–H groups in total. The quantitative estimate of drug-likeness (QED) is 0.556. The maximum Gasteiger partial charge on any atom is 0.488 e. The summed E-state index contributed by atoms with van der Waals surface area (Å²) < 4.78 is 0. The van der Waals surface area contributed by atoms with Crippen LogP contribution in [-0.4, -0.2) is 23.1 Å². The number of rotatable bonds is 6. The van der Waals surface area contributed by atoms with E-state index in [-0.39, 0.29) is 11.4 Å². The second-order valence-electron chi connectivity index (χ2n) is 4.60. The Balaban J connectivity index is 2.13. The molecule has 0 aromatic carbocycles. The Morgan fingerprint density at radius 1 is 1.35 bits per heavy atom. The van der Waals surface area contributed by atoms with Gasteiger partial charge in [0.25, 0.3) is 5.91 Å². The highest BCUT2D eigenvalue weighted by Gasteiger charge is 2.14. The van der Waals surface area contributed by atoms with Crippen LogP contribution in [0.4, 0.5) is 0 Å². The van der Waals surface area contributed by atoms with Gasteiger partial charge in [0.1, 0.15) is 0 Å². The minimum atomic E-state index is -1.63. The molecule has 0 aliphatic heterocycles. The van der Waals surface area contributed by atoms with Gasteiger partial charge >= 0.3 is 7.12 Å². The molecule has 2 rings (SSSR count). The van der Waals surface area contributed by atoms with E-state index in [9.17, 15) is 14.8 Å². The molecule has 118 valence electrons. The van der Waals surface area contributed by atoms with Gasteiger partial charge in [-0.05, 0) is 47.4 Å². The average molecular weight is 345 g/mol. The summed E-state index contributed by atoms with van der Waals surface area (Å²) in [7, 11) is -1.63. The van der Waals surface area contributed by atoms with Gasteiger partial charge in [0, 0.05) is 16.1 Å². The predicted octanol–water partition coefficient (Wildman–Crippen LogP) is 3.23. The second-order valence-corrected chi connectivity index (χ2v) is 6.46. The molecule has 0 saturated heterocycles. The van der Waals surface area contributed by atoms with Crippen LogP contribution in [0, 0.1) is 0 Å². The van der Waals surface area contributed by atoms with E-state index >= 15 is 0 Å². The highest BCUT2D eigenvalue weighted by molar-refractivity contribution is 7.17. The third-order valence-corrected chi connectivity index (χ3v) is 4.88. The molecule has 0 spiro atoms. The lowest BCUT2D eigenvalue weighted by Gasteiger charge is -2.06. The van der Waals surface area contributed by atoms with Crippen molar-refractivity contribution in [1.82, 2.24) is 5.32 Å². The van der Waals surface area contributed by atoms with Gasteiger partial charge in [-0.25, -0.2) is 0 Å². The summed E-state index contributed by atoms with van der Waals surface area (Å²) in [4.78, 5) is 13.9. The van der Waals surface area contributed by atoms with Gasteiger partial charge in [-0.15, -0.1) is 11.3 Å². The Hall–Kier alpha value is -1.93. The molecule has 23 heavy (non-hydrogen) atoms. The normalized spacial score (nSPS) is 12.1. The molecule has 0 radical (unpaired) electrons. The Bertz CT molecular complexity index is 745. The molecule has 0 atom stereocenters. The van der Waals surface area contributed by atoms with E-state index in [2.05, 4.69) is 11.9 Å². The fraction of sp³-hybridized carbons (Fsp3) is 0.0625. The van der Waals surface area contributed by atoms with Crippen LogP contribution < -0.4 is 5.32 Å². The standard InChI is InChI=1S/C16H16BNO3S2/c1-3-12(17(20)21)9-13(4-2)18-16(19)15-6-5-14(23-15)11-7-8-22-10-11/h3-10,20-21H,1H2,2H3,(H,18,19)/b12-9+,13-4+. The van der Waals surface area contributed by atoms with Crippen molar-refractivity contribution in [3.63, 3.8) is 0 Å². The first-order valence-corrected chi connectivity index (χ1v) is 8.61. The van der Waals surface area contributed by atoms with Crippen LogP contribution in [-0.2, 0) is 0 Å². The predicted molar refractivity (Wildman–Crippen MR) is 97.3 cm³/mol. The van der Waals surface area contributed by atoms with E-state index in [4.69, 9.17) is 0 Å². The summed E-state index contributed by atoms with van der Waals surface area (Å²) in [6, 6.07) is 5.70. The molecular weight excluding hydrogens is 329 g/mol. The fourth-order valence-corrected chi connectivity index (χ4v) is 3.45. The van der Waals surface area contributed by atoms with E-state index in [0.717, 1.165) is 10.4 Å². The maximum atomic E-state index is 12.3. The first-order valence-electron chi connectivity index (χ1n) is 6.85. The van der Waals surface area contributed by atoms with Crippen LogP contribution in [0.15, 0.2) is 64.9 Å². The van der Waals surface area contributed by atoms with Crippen molar-refractivity contribution in [3.8, 4) is 10.4 Å². The van der Waals surface area contributed by atoms with Crippen LogP contribution in [0.25, 0.3) is 10.4 Å². The van der Waals surface area contributed by atoms with Crippen molar-refractivity contribution in [3.05, 3.63) is 69.8 Å². The lowest BCUT2D eigenvalue weighted by molar-refractivity contribution is 0.0971. The van der Waals surface area contributed by atoms with Crippen LogP contribution in [0.2, 0.25) is 0 Å². The first-order chi connectivity index (χ1) is 11.0. The molecule has 2 heterocycles. The number of hydrogen-bond donors (Lipinski definition) is 3. The summed E-state index contributed by atoms with van der Waals surface area (Å²) in [6.45, 7) is 5.27. The first kappa shape index (κ1) is 17.4. The van der Waals surface area contributed by atoms with Crippen molar-refractivity contribution in [2.45, 2.75) is 6.92 Å². The van der Waals surface area contributed by atoms with E-state index in [0.29, 0.717) is 10.6 Å². The zero-order chi connectivity index (χ0) is 16.8. The molecule has 0 aliphatic carbocycles. The third kappa shape index (κ3) is 4.52. The highest BCUT2D eigenvalue weighted by atomic mass is 32.1. The lowest BCUT2D eigenvalue weighted by Crippen LogP contribution is -2.22. The number of carbonyl (C=O) groups excluding carboxylic acids is 1. The minimum absolute atomic E-state index is 0.212. The molecule has 2 aromatic rings.